The van der Waals surface area contributed by atoms with Gasteiger partial charge in [-0.3, -0.25) is 0 Å². The molecular weight excluding hydrogens is 453 g/mol. The van der Waals surface area contributed by atoms with Gasteiger partial charge in [0.15, 0.2) is 0 Å². The Balaban J connectivity index is 1.40. The average Bonchev–Trinajstić information content (AvgIpc) is 2.83. The molecule has 2 aliphatic heterocycles. The summed E-state index contributed by atoms with van der Waals surface area (Å²) in [6.45, 7) is 0.919. The van der Waals surface area contributed by atoms with Gasteiger partial charge in [0.2, 0.25) is 5.95 Å². The Morgan fingerprint density at radius 3 is 3.00 bits per heavy atom. The molecule has 0 radical (unpaired) electrons. The Hall–Kier alpha value is -2.53. The predicted octanol–water partition coefficient (Wildman–Crippen LogP) is 2.02. The highest BCUT2D eigenvalue weighted by Gasteiger charge is 2.26. The molecule has 4 rings (SSSR count). The van der Waals surface area contributed by atoms with Crippen molar-refractivity contribution in [1.82, 2.24) is 20.2 Å². The number of aliphatic hydroxyl groups excluding tert-OH is 2. The second-order valence-electron chi connectivity index (χ2n) is 8.24. The van der Waals surface area contributed by atoms with Gasteiger partial charge in [-0.05, 0) is 42.5 Å². The summed E-state index contributed by atoms with van der Waals surface area (Å²) >= 11 is 5.73. The zero-order valence-corrected chi connectivity index (χ0v) is 18.8. The molecule has 0 spiro atoms. The van der Waals surface area contributed by atoms with E-state index in [1.54, 1.807) is 17.2 Å². The molecule has 0 saturated carbocycles. The lowest BCUT2D eigenvalue weighted by atomic mass is 10.0. The summed E-state index contributed by atoms with van der Waals surface area (Å²) in [5.74, 6) is -0.134. The molecule has 2 aliphatic rings. The van der Waals surface area contributed by atoms with E-state index in [0.29, 0.717) is 44.0 Å². The summed E-state index contributed by atoms with van der Waals surface area (Å²) in [6, 6.07) is 3.13. The van der Waals surface area contributed by atoms with Crippen LogP contribution in [-0.4, -0.2) is 69.6 Å². The van der Waals surface area contributed by atoms with E-state index in [1.807, 2.05) is 0 Å². The van der Waals surface area contributed by atoms with Crippen LogP contribution in [0, 0.1) is 5.82 Å². The number of carbonyl (C=O) groups is 1. The van der Waals surface area contributed by atoms with Crippen LogP contribution in [0.2, 0.25) is 5.02 Å². The maximum absolute atomic E-state index is 13.8. The summed E-state index contributed by atoms with van der Waals surface area (Å²) in [4.78, 5) is 23.5. The van der Waals surface area contributed by atoms with E-state index in [1.165, 1.54) is 12.1 Å². The average molecular weight is 480 g/mol. The topological polar surface area (TPSA) is 120 Å². The molecule has 3 heterocycles. The molecule has 1 aromatic heterocycles. The van der Waals surface area contributed by atoms with Crippen LogP contribution in [0.5, 0.6) is 0 Å². The van der Waals surface area contributed by atoms with Gasteiger partial charge in [-0.15, -0.1) is 0 Å². The molecule has 4 N–H and O–H groups in total. The number of urea groups is 1. The Kier molecular flexibility index (Phi) is 7.59. The summed E-state index contributed by atoms with van der Waals surface area (Å²) in [6.07, 6.45) is 3.64. The quantitative estimate of drug-likeness (QED) is 0.500. The largest absolute Gasteiger partial charge is 0.394 e. The predicted molar refractivity (Wildman–Crippen MR) is 119 cm³/mol. The molecule has 33 heavy (non-hydrogen) atoms. The van der Waals surface area contributed by atoms with Crippen molar-refractivity contribution < 1.29 is 24.1 Å². The Bertz CT molecular complexity index is 997. The normalized spacial score (nSPS) is 21.3. The van der Waals surface area contributed by atoms with Gasteiger partial charge < -0.3 is 30.5 Å². The Morgan fingerprint density at radius 2 is 2.24 bits per heavy atom. The van der Waals surface area contributed by atoms with Gasteiger partial charge in [0.1, 0.15) is 5.82 Å². The maximum atomic E-state index is 13.8. The van der Waals surface area contributed by atoms with E-state index in [2.05, 4.69) is 20.6 Å². The third kappa shape index (κ3) is 5.70. The van der Waals surface area contributed by atoms with Gasteiger partial charge in [-0.2, -0.15) is 0 Å². The highest BCUT2D eigenvalue weighted by molar-refractivity contribution is 6.30. The summed E-state index contributed by atoms with van der Waals surface area (Å²) in [5.41, 5.74) is 2.15. The van der Waals surface area contributed by atoms with Gasteiger partial charge in [-0.25, -0.2) is 19.2 Å². The number of aliphatic hydroxyl groups is 2. The molecular formula is C22H27ClFN5O4. The first-order valence-electron chi connectivity index (χ1n) is 10.9. The molecule has 2 aromatic rings. The van der Waals surface area contributed by atoms with Crippen LogP contribution < -0.4 is 10.6 Å². The van der Waals surface area contributed by atoms with Crippen molar-refractivity contribution in [2.45, 2.75) is 44.0 Å². The molecule has 2 amide bonds. The minimum absolute atomic E-state index is 0.0221. The highest BCUT2D eigenvalue weighted by Crippen LogP contribution is 2.23. The standard InChI is InChI=1S/C22H27ClFN5O4/c23-17-2-1-13(7-18(17)24)20(12-31)28-22(32)29-5-3-14-9-25-21(27-19(14)10-29)26-15-4-6-33-16(8-15)11-30/h1-2,7,9,15-16,20,30-31H,3-6,8,10-12H2,(H,28,32)(H,25,26,27)/t15-,16+,20+/m0/s1. The van der Waals surface area contributed by atoms with Crippen molar-refractivity contribution >= 4 is 23.6 Å². The van der Waals surface area contributed by atoms with E-state index in [-0.39, 0.29) is 36.4 Å². The Morgan fingerprint density at radius 1 is 1.39 bits per heavy atom. The van der Waals surface area contributed by atoms with Crippen molar-refractivity contribution in [3.63, 3.8) is 0 Å². The van der Waals surface area contributed by atoms with Crippen LogP contribution >= 0.6 is 11.6 Å². The number of amides is 2. The molecule has 178 valence electrons. The second-order valence-corrected chi connectivity index (χ2v) is 8.64. The van der Waals surface area contributed by atoms with Gasteiger partial charge >= 0.3 is 6.03 Å². The number of ether oxygens (including phenoxy) is 1. The number of anilines is 1. The van der Waals surface area contributed by atoms with Crippen molar-refractivity contribution in [3.05, 3.63) is 52.1 Å². The number of rotatable bonds is 6. The van der Waals surface area contributed by atoms with Crippen molar-refractivity contribution in [1.29, 1.82) is 0 Å². The van der Waals surface area contributed by atoms with E-state index in [9.17, 15) is 19.4 Å². The summed E-state index contributed by atoms with van der Waals surface area (Å²) in [7, 11) is 0. The van der Waals surface area contributed by atoms with Crippen LogP contribution in [0.3, 0.4) is 0 Å². The number of hydrogen-bond donors (Lipinski definition) is 4. The molecule has 11 heteroatoms. The number of fused-ring (bicyclic) bond motifs is 1. The number of aromatic nitrogens is 2. The molecule has 1 saturated heterocycles. The van der Waals surface area contributed by atoms with E-state index in [4.69, 9.17) is 16.3 Å². The molecule has 1 fully saturated rings. The third-order valence-corrected chi connectivity index (χ3v) is 6.27. The van der Waals surface area contributed by atoms with Crippen LogP contribution in [0.4, 0.5) is 15.1 Å². The summed E-state index contributed by atoms with van der Waals surface area (Å²) in [5, 5.41) is 25.1. The first kappa shape index (κ1) is 23.6. The maximum Gasteiger partial charge on any atom is 0.318 e. The van der Waals surface area contributed by atoms with E-state index in [0.717, 1.165) is 17.7 Å². The van der Waals surface area contributed by atoms with Crippen molar-refractivity contribution in [2.24, 2.45) is 0 Å². The zero-order chi connectivity index (χ0) is 23.4. The SMILES string of the molecule is O=C(N[C@H](CO)c1ccc(Cl)c(F)c1)N1CCc2cnc(N[C@H]3CCO[C@@H](CO)C3)nc2C1. The summed E-state index contributed by atoms with van der Waals surface area (Å²) < 4.78 is 19.3. The lowest BCUT2D eigenvalue weighted by Gasteiger charge is -2.31. The molecule has 9 nitrogen and oxygen atoms in total. The minimum atomic E-state index is -0.763. The third-order valence-electron chi connectivity index (χ3n) is 5.96. The van der Waals surface area contributed by atoms with Gasteiger partial charge in [0, 0.05) is 25.4 Å². The number of nitrogens with zero attached hydrogens (tertiary/aromatic N) is 3. The smallest absolute Gasteiger partial charge is 0.318 e. The molecule has 3 atom stereocenters. The first-order chi connectivity index (χ1) is 16.0. The van der Waals surface area contributed by atoms with Crippen LogP contribution in [0.1, 0.15) is 35.7 Å². The second kappa shape index (κ2) is 10.6. The lowest BCUT2D eigenvalue weighted by Crippen LogP contribution is -2.45. The Labute approximate surface area is 195 Å². The monoisotopic (exact) mass is 479 g/mol. The van der Waals surface area contributed by atoms with Crippen LogP contribution in [0.15, 0.2) is 24.4 Å². The van der Waals surface area contributed by atoms with Gasteiger partial charge in [0.05, 0.1) is 42.6 Å². The van der Waals surface area contributed by atoms with Crippen LogP contribution in [0.25, 0.3) is 0 Å². The molecule has 0 unspecified atom stereocenters. The number of carbonyl (C=O) groups excluding carboxylic acids is 1. The van der Waals surface area contributed by atoms with E-state index >= 15 is 0 Å². The molecule has 1 aromatic carbocycles. The fourth-order valence-corrected chi connectivity index (χ4v) is 4.19. The first-order valence-corrected chi connectivity index (χ1v) is 11.3. The number of halogens is 2. The minimum Gasteiger partial charge on any atom is -0.394 e. The van der Waals surface area contributed by atoms with E-state index < -0.39 is 11.9 Å². The number of benzene rings is 1. The molecule has 0 aliphatic carbocycles. The fraction of sp³-hybridized carbons (Fsp3) is 0.500. The zero-order valence-electron chi connectivity index (χ0n) is 18.0. The number of hydrogen-bond acceptors (Lipinski definition) is 7. The van der Waals surface area contributed by atoms with Gasteiger partial charge in [0.25, 0.3) is 0 Å². The van der Waals surface area contributed by atoms with Gasteiger partial charge in [-0.1, -0.05) is 17.7 Å². The molecule has 0 bridgehead atoms. The lowest BCUT2D eigenvalue weighted by molar-refractivity contribution is -0.0213. The number of nitrogens with one attached hydrogen (secondary N) is 2. The fourth-order valence-electron chi connectivity index (χ4n) is 4.07. The van der Waals surface area contributed by atoms with Crippen molar-refractivity contribution in [3.8, 4) is 0 Å². The van der Waals surface area contributed by atoms with Crippen LogP contribution in [-0.2, 0) is 17.7 Å². The van der Waals surface area contributed by atoms with Crippen molar-refractivity contribution in [2.75, 3.05) is 31.7 Å². The highest BCUT2D eigenvalue weighted by atomic mass is 35.5.